The zero-order valence-corrected chi connectivity index (χ0v) is 16.5. The molecule has 0 aliphatic heterocycles. The number of carbonyl (C=O) groups excluding carboxylic acids is 2. The van der Waals surface area contributed by atoms with Crippen molar-refractivity contribution in [2.75, 3.05) is 14.1 Å². The van der Waals surface area contributed by atoms with Crippen molar-refractivity contribution in [2.45, 2.75) is 39.5 Å². The highest BCUT2D eigenvalue weighted by Crippen LogP contribution is 2.15. The number of carbonyl (C=O) groups is 2. The van der Waals surface area contributed by atoms with Gasteiger partial charge in [-0.2, -0.15) is 0 Å². The van der Waals surface area contributed by atoms with E-state index in [0.29, 0.717) is 18.1 Å². The van der Waals surface area contributed by atoms with Crippen LogP contribution in [0.2, 0.25) is 0 Å². The molecule has 2 rings (SSSR count). The van der Waals surface area contributed by atoms with E-state index in [2.05, 4.69) is 20.5 Å². The van der Waals surface area contributed by atoms with E-state index in [1.807, 2.05) is 0 Å². The predicted octanol–water partition coefficient (Wildman–Crippen LogP) is 2.09. The van der Waals surface area contributed by atoms with Crippen LogP contribution in [-0.4, -0.2) is 46.9 Å². The molecule has 28 heavy (non-hydrogen) atoms. The molecule has 0 saturated carbocycles. The smallest absolute Gasteiger partial charge is 0.410 e. The molecule has 0 bridgehead atoms. The molecule has 0 atom stereocenters. The number of ether oxygens (including phenoxy) is 1. The minimum absolute atomic E-state index is 0.162. The number of aromatic nitrogens is 2. The second-order valence-corrected chi connectivity index (χ2v) is 6.67. The van der Waals surface area contributed by atoms with Crippen LogP contribution >= 0.6 is 0 Å². The molecule has 0 saturated heterocycles. The number of hydrogen-bond acceptors (Lipinski definition) is 8. The fourth-order valence-electron chi connectivity index (χ4n) is 1.75. The maximum atomic E-state index is 11.6. The molecule has 152 valence electrons. The number of nitrogens with one attached hydrogen (secondary N) is 1. The zero-order chi connectivity index (χ0) is 21.3. The Kier molecular flexibility index (Phi) is 8.15. The SMILES string of the molecule is CNCc1cc(C(N)=O)no1.[C-]#[N+]c1cc(CN(C)C(=O)OC(C)(C)C)on1. The Bertz CT molecular complexity index is 830. The highest BCUT2D eigenvalue weighted by molar-refractivity contribution is 5.90. The molecule has 0 aliphatic carbocycles. The second-order valence-electron chi connectivity index (χ2n) is 6.67. The monoisotopic (exact) mass is 392 g/mol. The Balaban J connectivity index is 0.000000307. The average molecular weight is 392 g/mol. The Labute approximate surface area is 162 Å². The van der Waals surface area contributed by atoms with Crippen LogP contribution < -0.4 is 11.1 Å². The Morgan fingerprint density at radius 3 is 2.39 bits per heavy atom. The van der Waals surface area contributed by atoms with Crippen LogP contribution in [0.5, 0.6) is 0 Å². The summed E-state index contributed by atoms with van der Waals surface area (Å²) in [6.07, 6.45) is -0.446. The highest BCUT2D eigenvalue weighted by Gasteiger charge is 2.21. The molecule has 2 amide bonds. The normalized spacial score (nSPS) is 10.4. The zero-order valence-electron chi connectivity index (χ0n) is 16.5. The summed E-state index contributed by atoms with van der Waals surface area (Å²) >= 11 is 0. The van der Waals surface area contributed by atoms with Gasteiger partial charge in [-0.3, -0.25) is 9.32 Å². The van der Waals surface area contributed by atoms with E-state index >= 15 is 0 Å². The molecular weight excluding hydrogens is 368 g/mol. The summed E-state index contributed by atoms with van der Waals surface area (Å²) in [5.41, 5.74) is 4.57. The number of nitrogens with zero attached hydrogens (tertiary/aromatic N) is 4. The molecule has 11 heteroatoms. The van der Waals surface area contributed by atoms with Crippen molar-refractivity contribution in [1.29, 1.82) is 0 Å². The van der Waals surface area contributed by atoms with E-state index in [1.54, 1.807) is 34.9 Å². The molecule has 0 unspecified atom stereocenters. The Morgan fingerprint density at radius 2 is 1.93 bits per heavy atom. The molecule has 0 spiro atoms. The van der Waals surface area contributed by atoms with Crippen LogP contribution in [0.1, 0.15) is 42.8 Å². The maximum absolute atomic E-state index is 11.6. The summed E-state index contributed by atoms with van der Waals surface area (Å²) in [6.45, 7) is 12.9. The van der Waals surface area contributed by atoms with Gasteiger partial charge in [-0.1, -0.05) is 11.7 Å². The van der Waals surface area contributed by atoms with Crippen LogP contribution in [0.4, 0.5) is 10.6 Å². The molecule has 0 fully saturated rings. The first-order valence-corrected chi connectivity index (χ1v) is 8.23. The van der Waals surface area contributed by atoms with E-state index in [4.69, 9.17) is 26.1 Å². The fraction of sp³-hybridized carbons (Fsp3) is 0.471. The van der Waals surface area contributed by atoms with Crippen molar-refractivity contribution in [2.24, 2.45) is 5.73 Å². The molecule has 11 nitrogen and oxygen atoms in total. The lowest BCUT2D eigenvalue weighted by Crippen LogP contribution is -2.33. The maximum Gasteiger partial charge on any atom is 0.410 e. The van der Waals surface area contributed by atoms with Gasteiger partial charge in [0.1, 0.15) is 5.60 Å². The Morgan fingerprint density at radius 1 is 1.29 bits per heavy atom. The summed E-state index contributed by atoms with van der Waals surface area (Å²) in [5.74, 6) is 0.652. The van der Waals surface area contributed by atoms with Gasteiger partial charge in [0.05, 0.1) is 18.2 Å². The van der Waals surface area contributed by atoms with Crippen molar-refractivity contribution >= 4 is 17.8 Å². The van der Waals surface area contributed by atoms with Gasteiger partial charge in [-0.05, 0) is 27.8 Å². The largest absolute Gasteiger partial charge is 0.444 e. The first-order valence-electron chi connectivity index (χ1n) is 8.23. The third-order valence-corrected chi connectivity index (χ3v) is 2.92. The minimum atomic E-state index is -0.573. The predicted molar refractivity (Wildman–Crippen MR) is 98.3 cm³/mol. The molecule has 2 aromatic rings. The van der Waals surface area contributed by atoms with Gasteiger partial charge in [0.2, 0.25) is 0 Å². The van der Waals surface area contributed by atoms with E-state index in [1.165, 1.54) is 17.0 Å². The third-order valence-electron chi connectivity index (χ3n) is 2.92. The van der Waals surface area contributed by atoms with Gasteiger partial charge in [-0.25, -0.2) is 4.79 Å². The standard InChI is InChI=1S/C11H15N3O3.C6H9N3O2/c1-11(2,3)16-10(15)14(5)7-8-6-9(12-4)13-17-8;1-8-3-4-2-5(6(7)10)9-11-4/h6H,7H2,1-3,5H3;2,8H,3H2,1H3,(H2,7,10). The lowest BCUT2D eigenvalue weighted by Gasteiger charge is -2.23. The number of rotatable bonds is 5. The fourth-order valence-corrected chi connectivity index (χ4v) is 1.75. The molecular formula is C17H24N6O5. The number of nitrogens with two attached hydrogens (primary N) is 1. The quantitative estimate of drug-likeness (QED) is 0.737. The topological polar surface area (TPSA) is 141 Å². The van der Waals surface area contributed by atoms with Gasteiger partial charge < -0.3 is 30.1 Å². The molecule has 0 aliphatic rings. The lowest BCUT2D eigenvalue weighted by molar-refractivity contribution is 0.0271. The van der Waals surface area contributed by atoms with Crippen molar-refractivity contribution in [3.05, 3.63) is 40.8 Å². The number of amides is 2. The number of hydrogen-bond donors (Lipinski definition) is 2. The van der Waals surface area contributed by atoms with Gasteiger partial charge in [-0.15, -0.1) is 0 Å². The van der Waals surface area contributed by atoms with Crippen LogP contribution in [0, 0.1) is 6.57 Å². The van der Waals surface area contributed by atoms with Gasteiger partial charge >= 0.3 is 11.9 Å². The van der Waals surface area contributed by atoms with Gasteiger partial charge in [0, 0.05) is 19.2 Å². The number of primary amides is 1. The van der Waals surface area contributed by atoms with Crippen molar-refractivity contribution in [1.82, 2.24) is 20.5 Å². The second kappa shape index (κ2) is 10.1. The van der Waals surface area contributed by atoms with E-state index in [-0.39, 0.29) is 18.1 Å². The highest BCUT2D eigenvalue weighted by atomic mass is 16.6. The van der Waals surface area contributed by atoms with E-state index < -0.39 is 17.6 Å². The summed E-state index contributed by atoms with van der Waals surface area (Å²) in [4.78, 5) is 26.6. The summed E-state index contributed by atoms with van der Waals surface area (Å²) in [6, 6.07) is 3.01. The molecule has 2 heterocycles. The first kappa shape index (κ1) is 22.7. The Hall–Kier alpha value is -3.39. The first-order chi connectivity index (χ1) is 13.1. The molecule has 2 aromatic heterocycles. The minimum Gasteiger partial charge on any atom is -0.444 e. The van der Waals surface area contributed by atoms with Crippen molar-refractivity contribution in [3.8, 4) is 0 Å². The lowest BCUT2D eigenvalue weighted by atomic mass is 10.2. The summed E-state index contributed by atoms with van der Waals surface area (Å²) in [5, 5.41) is 9.81. The van der Waals surface area contributed by atoms with Crippen LogP contribution in [-0.2, 0) is 17.8 Å². The van der Waals surface area contributed by atoms with Crippen molar-refractivity contribution in [3.63, 3.8) is 0 Å². The average Bonchev–Trinajstić information content (AvgIpc) is 3.23. The van der Waals surface area contributed by atoms with Gasteiger partial charge in [0.25, 0.3) is 5.91 Å². The summed E-state index contributed by atoms with van der Waals surface area (Å²) in [7, 11) is 3.36. The summed E-state index contributed by atoms with van der Waals surface area (Å²) < 4.78 is 14.8. The molecule has 0 radical (unpaired) electrons. The van der Waals surface area contributed by atoms with Crippen molar-refractivity contribution < 1.29 is 23.4 Å². The van der Waals surface area contributed by atoms with E-state index in [9.17, 15) is 9.59 Å². The van der Waals surface area contributed by atoms with Crippen LogP contribution in [0.25, 0.3) is 4.85 Å². The third kappa shape index (κ3) is 7.88. The van der Waals surface area contributed by atoms with Gasteiger partial charge in [0.15, 0.2) is 17.2 Å². The molecule has 3 N–H and O–H groups in total. The van der Waals surface area contributed by atoms with E-state index in [0.717, 1.165) is 0 Å². The molecule has 0 aromatic carbocycles. The van der Waals surface area contributed by atoms with Crippen LogP contribution in [0.15, 0.2) is 21.2 Å². The van der Waals surface area contributed by atoms with Crippen LogP contribution in [0.3, 0.4) is 0 Å².